The lowest BCUT2D eigenvalue weighted by Gasteiger charge is -2.14. The Labute approximate surface area is 49.7 Å². The Kier molecular flexibility index (Phi) is 1.29. The minimum atomic E-state index is -0.201. The predicted molar refractivity (Wildman–Crippen MR) is 32.4 cm³/mol. The Morgan fingerprint density at radius 3 is 2.25 bits per heavy atom. The van der Waals surface area contributed by atoms with E-state index in [1.54, 1.807) is 0 Å². The summed E-state index contributed by atoms with van der Waals surface area (Å²) >= 11 is 0. The van der Waals surface area contributed by atoms with Crippen molar-refractivity contribution in [3.05, 3.63) is 0 Å². The summed E-state index contributed by atoms with van der Waals surface area (Å²) in [6.07, 6.45) is 2.02. The molecule has 2 nitrogen and oxygen atoms in total. The van der Waals surface area contributed by atoms with Gasteiger partial charge >= 0.3 is 0 Å². The maximum atomic E-state index is 9.06. The van der Waals surface area contributed by atoms with Crippen LogP contribution in [-0.4, -0.2) is 17.8 Å². The molecule has 0 unspecified atom stereocenters. The van der Waals surface area contributed by atoms with E-state index in [0.717, 1.165) is 12.8 Å². The van der Waals surface area contributed by atoms with E-state index in [-0.39, 0.29) is 11.5 Å². The van der Waals surface area contributed by atoms with Crippen molar-refractivity contribution in [2.24, 2.45) is 11.1 Å². The molecule has 0 aromatic heterocycles. The molecule has 0 aromatic rings. The molecule has 0 aliphatic heterocycles. The second kappa shape index (κ2) is 1.71. The summed E-state index contributed by atoms with van der Waals surface area (Å²) in [5.74, 6) is 0. The maximum Gasteiger partial charge on any atom is 0.0580 e. The Morgan fingerprint density at radius 2 is 2.25 bits per heavy atom. The zero-order chi connectivity index (χ0) is 6.20. The first-order valence-corrected chi connectivity index (χ1v) is 3.09. The van der Waals surface area contributed by atoms with E-state index >= 15 is 0 Å². The third-order valence-corrected chi connectivity index (χ3v) is 2.18. The lowest BCUT2D eigenvalue weighted by atomic mass is 10.0. The molecule has 0 bridgehead atoms. The van der Waals surface area contributed by atoms with E-state index in [4.69, 9.17) is 10.8 Å². The number of nitrogens with two attached hydrogens (primary N) is 1. The quantitative estimate of drug-likeness (QED) is 0.536. The van der Waals surface area contributed by atoms with E-state index in [0.29, 0.717) is 6.54 Å². The number of aliphatic hydroxyl groups is 1. The van der Waals surface area contributed by atoms with E-state index in [1.165, 1.54) is 0 Å². The van der Waals surface area contributed by atoms with Crippen molar-refractivity contribution in [3.8, 4) is 0 Å². The molecular weight excluding hydrogens is 102 g/mol. The fourth-order valence-electron chi connectivity index (χ4n) is 0.953. The molecule has 0 spiro atoms. The maximum absolute atomic E-state index is 9.06. The Hall–Kier alpha value is -0.0800. The van der Waals surface area contributed by atoms with Crippen LogP contribution in [0.5, 0.6) is 0 Å². The Balaban J connectivity index is 2.41. The standard InChI is InChI=1S/C6H13NO/c1-5(8)6(4-7)2-3-6/h5,8H,2-4,7H2,1H3/t5-/m0/s1. The second-order valence-electron chi connectivity index (χ2n) is 2.74. The van der Waals surface area contributed by atoms with Crippen molar-refractivity contribution in [1.82, 2.24) is 0 Å². The largest absolute Gasteiger partial charge is 0.393 e. The fraction of sp³-hybridized carbons (Fsp3) is 1.00. The van der Waals surface area contributed by atoms with E-state index in [9.17, 15) is 0 Å². The van der Waals surface area contributed by atoms with Gasteiger partial charge in [-0.3, -0.25) is 0 Å². The van der Waals surface area contributed by atoms with E-state index in [1.807, 2.05) is 6.92 Å². The van der Waals surface area contributed by atoms with Gasteiger partial charge in [0.25, 0.3) is 0 Å². The zero-order valence-electron chi connectivity index (χ0n) is 5.22. The lowest BCUT2D eigenvalue weighted by Crippen LogP contribution is -2.26. The fourth-order valence-corrected chi connectivity index (χ4v) is 0.953. The van der Waals surface area contributed by atoms with Crippen molar-refractivity contribution in [1.29, 1.82) is 0 Å². The number of hydrogen-bond acceptors (Lipinski definition) is 2. The summed E-state index contributed by atoms with van der Waals surface area (Å²) in [5, 5.41) is 9.06. The molecule has 0 radical (unpaired) electrons. The molecule has 2 heteroatoms. The normalized spacial score (nSPS) is 27.4. The van der Waals surface area contributed by atoms with Crippen LogP contribution in [0.3, 0.4) is 0 Å². The van der Waals surface area contributed by atoms with Crippen LogP contribution < -0.4 is 5.73 Å². The molecule has 8 heavy (non-hydrogen) atoms. The summed E-state index contributed by atoms with van der Waals surface area (Å²) in [6, 6.07) is 0. The smallest absolute Gasteiger partial charge is 0.0580 e. The van der Waals surface area contributed by atoms with Crippen LogP contribution in [0.15, 0.2) is 0 Å². The van der Waals surface area contributed by atoms with Crippen LogP contribution in [0.4, 0.5) is 0 Å². The highest BCUT2D eigenvalue weighted by molar-refractivity contribution is 4.97. The minimum Gasteiger partial charge on any atom is -0.393 e. The van der Waals surface area contributed by atoms with Gasteiger partial charge < -0.3 is 10.8 Å². The molecule has 0 heterocycles. The average Bonchev–Trinajstić information content (AvgIpc) is 2.44. The summed E-state index contributed by atoms with van der Waals surface area (Å²) in [6.45, 7) is 2.46. The van der Waals surface area contributed by atoms with Gasteiger partial charge in [-0.15, -0.1) is 0 Å². The van der Waals surface area contributed by atoms with Gasteiger partial charge in [-0.25, -0.2) is 0 Å². The molecule has 0 amide bonds. The van der Waals surface area contributed by atoms with Gasteiger partial charge in [0.05, 0.1) is 6.10 Å². The van der Waals surface area contributed by atoms with Crippen LogP contribution in [0.1, 0.15) is 19.8 Å². The van der Waals surface area contributed by atoms with E-state index < -0.39 is 0 Å². The summed E-state index contributed by atoms with van der Waals surface area (Å²) < 4.78 is 0. The lowest BCUT2D eigenvalue weighted by molar-refractivity contribution is 0.115. The highest BCUT2D eigenvalue weighted by Gasteiger charge is 2.45. The molecule has 1 saturated carbocycles. The zero-order valence-corrected chi connectivity index (χ0v) is 5.22. The first kappa shape index (κ1) is 6.05. The Morgan fingerprint density at radius 1 is 1.75 bits per heavy atom. The minimum absolute atomic E-state index is 0.125. The van der Waals surface area contributed by atoms with Gasteiger partial charge in [-0.1, -0.05) is 0 Å². The third kappa shape index (κ3) is 0.740. The van der Waals surface area contributed by atoms with Crippen molar-refractivity contribution >= 4 is 0 Å². The van der Waals surface area contributed by atoms with Gasteiger partial charge in [0.15, 0.2) is 0 Å². The molecule has 1 aliphatic rings. The molecule has 1 fully saturated rings. The Bertz CT molecular complexity index is 86.5. The monoisotopic (exact) mass is 115 g/mol. The molecule has 0 aromatic carbocycles. The van der Waals surface area contributed by atoms with Gasteiger partial charge in [0.1, 0.15) is 0 Å². The molecule has 48 valence electrons. The number of aliphatic hydroxyl groups excluding tert-OH is 1. The van der Waals surface area contributed by atoms with Crippen LogP contribution in [0.25, 0.3) is 0 Å². The first-order valence-electron chi connectivity index (χ1n) is 3.09. The van der Waals surface area contributed by atoms with Gasteiger partial charge in [-0.05, 0) is 19.8 Å². The average molecular weight is 115 g/mol. The number of hydrogen-bond donors (Lipinski definition) is 2. The van der Waals surface area contributed by atoms with Gasteiger partial charge in [0.2, 0.25) is 0 Å². The van der Waals surface area contributed by atoms with Crippen molar-refractivity contribution in [2.75, 3.05) is 6.54 Å². The second-order valence-corrected chi connectivity index (χ2v) is 2.74. The molecule has 3 N–H and O–H groups in total. The molecule has 1 rings (SSSR count). The summed E-state index contributed by atoms with van der Waals surface area (Å²) in [4.78, 5) is 0. The molecule has 0 saturated heterocycles. The predicted octanol–water partition coefficient (Wildman–Crippen LogP) is 0.106. The van der Waals surface area contributed by atoms with E-state index in [2.05, 4.69) is 0 Å². The highest BCUT2D eigenvalue weighted by Crippen LogP contribution is 2.47. The summed E-state index contributed by atoms with van der Waals surface area (Å²) in [5.41, 5.74) is 5.53. The van der Waals surface area contributed by atoms with Crippen LogP contribution in [0.2, 0.25) is 0 Å². The SMILES string of the molecule is C[C@H](O)C1(CN)CC1. The van der Waals surface area contributed by atoms with Crippen LogP contribution >= 0.6 is 0 Å². The number of rotatable bonds is 2. The molecular formula is C6H13NO. The van der Waals surface area contributed by atoms with Gasteiger partial charge in [0, 0.05) is 12.0 Å². The van der Waals surface area contributed by atoms with Crippen LogP contribution in [0, 0.1) is 5.41 Å². The summed E-state index contributed by atoms with van der Waals surface area (Å²) in [7, 11) is 0. The van der Waals surface area contributed by atoms with Gasteiger partial charge in [-0.2, -0.15) is 0 Å². The van der Waals surface area contributed by atoms with Crippen molar-refractivity contribution < 1.29 is 5.11 Å². The van der Waals surface area contributed by atoms with Crippen LogP contribution in [-0.2, 0) is 0 Å². The van der Waals surface area contributed by atoms with Crippen molar-refractivity contribution in [2.45, 2.75) is 25.9 Å². The topological polar surface area (TPSA) is 46.2 Å². The third-order valence-electron chi connectivity index (χ3n) is 2.18. The highest BCUT2D eigenvalue weighted by atomic mass is 16.3. The molecule has 1 atom stereocenters. The van der Waals surface area contributed by atoms with Crippen molar-refractivity contribution in [3.63, 3.8) is 0 Å². The first-order chi connectivity index (χ1) is 3.71. The molecule has 1 aliphatic carbocycles.